The van der Waals surface area contributed by atoms with E-state index in [0.717, 1.165) is 42.8 Å². The molecule has 1 unspecified atom stereocenters. The van der Waals surface area contributed by atoms with E-state index in [1.807, 2.05) is 30.3 Å². The van der Waals surface area contributed by atoms with Crippen LogP contribution in [0.3, 0.4) is 0 Å². The van der Waals surface area contributed by atoms with Gasteiger partial charge in [0.05, 0.1) is 5.69 Å². The Morgan fingerprint density at radius 1 is 1.38 bits per heavy atom. The second kappa shape index (κ2) is 5.69. The molecule has 3 rings (SSSR count). The van der Waals surface area contributed by atoms with Crippen LogP contribution < -0.4 is 11.1 Å². The zero-order chi connectivity index (χ0) is 14.8. The summed E-state index contributed by atoms with van der Waals surface area (Å²) < 4.78 is 1.62. The van der Waals surface area contributed by atoms with Crippen molar-refractivity contribution in [2.75, 3.05) is 13.1 Å². The highest BCUT2D eigenvalue weighted by molar-refractivity contribution is 5.99. The molecule has 21 heavy (non-hydrogen) atoms. The van der Waals surface area contributed by atoms with Crippen LogP contribution in [-0.2, 0) is 7.05 Å². The number of nitrogens with zero attached hydrogens (tertiary/aromatic N) is 2. The van der Waals surface area contributed by atoms with E-state index in [0.29, 0.717) is 11.6 Å². The van der Waals surface area contributed by atoms with E-state index < -0.39 is 5.91 Å². The first-order valence-electron chi connectivity index (χ1n) is 7.31. The highest BCUT2D eigenvalue weighted by Crippen LogP contribution is 2.34. The number of aromatic nitrogens is 2. The van der Waals surface area contributed by atoms with Gasteiger partial charge in [-0.3, -0.25) is 9.48 Å². The number of benzene rings is 1. The van der Waals surface area contributed by atoms with E-state index in [4.69, 9.17) is 5.73 Å². The molecule has 1 aromatic carbocycles. The minimum atomic E-state index is -0.432. The van der Waals surface area contributed by atoms with Crippen LogP contribution in [0.15, 0.2) is 30.3 Å². The monoisotopic (exact) mass is 284 g/mol. The van der Waals surface area contributed by atoms with Crippen molar-refractivity contribution >= 4 is 5.91 Å². The fourth-order valence-corrected chi connectivity index (χ4v) is 3.09. The molecule has 0 bridgehead atoms. The maximum absolute atomic E-state index is 11.9. The SMILES string of the molecule is Cn1nc(C2CCCNC2)c(-c2ccccc2)c1C(N)=O. The lowest BCUT2D eigenvalue weighted by Gasteiger charge is -2.22. The molecule has 0 saturated carbocycles. The summed E-state index contributed by atoms with van der Waals surface area (Å²) in [5, 5.41) is 8.01. The lowest BCUT2D eigenvalue weighted by molar-refractivity contribution is 0.0992. The molecule has 5 heteroatoms. The van der Waals surface area contributed by atoms with Crippen molar-refractivity contribution in [1.82, 2.24) is 15.1 Å². The molecule has 0 aliphatic carbocycles. The number of hydrogen-bond acceptors (Lipinski definition) is 3. The van der Waals surface area contributed by atoms with Crippen LogP contribution in [0.25, 0.3) is 11.1 Å². The number of primary amides is 1. The van der Waals surface area contributed by atoms with Gasteiger partial charge in [-0.05, 0) is 24.9 Å². The second-order valence-corrected chi connectivity index (χ2v) is 5.51. The molecule has 2 aromatic rings. The lowest BCUT2D eigenvalue weighted by atomic mass is 9.90. The van der Waals surface area contributed by atoms with Crippen molar-refractivity contribution in [2.45, 2.75) is 18.8 Å². The average Bonchev–Trinajstić information content (AvgIpc) is 2.86. The summed E-state index contributed by atoms with van der Waals surface area (Å²) in [5.41, 5.74) is 8.93. The number of nitrogens with one attached hydrogen (secondary N) is 1. The van der Waals surface area contributed by atoms with Gasteiger partial charge >= 0.3 is 0 Å². The molecule has 1 amide bonds. The van der Waals surface area contributed by atoms with Crippen molar-refractivity contribution in [1.29, 1.82) is 0 Å². The van der Waals surface area contributed by atoms with Crippen LogP contribution in [0.2, 0.25) is 0 Å². The highest BCUT2D eigenvalue weighted by Gasteiger charge is 2.27. The van der Waals surface area contributed by atoms with E-state index >= 15 is 0 Å². The van der Waals surface area contributed by atoms with Gasteiger partial charge in [0.2, 0.25) is 0 Å². The zero-order valence-electron chi connectivity index (χ0n) is 12.2. The largest absolute Gasteiger partial charge is 0.364 e. The molecule has 1 aliphatic heterocycles. The first kappa shape index (κ1) is 13.8. The summed E-state index contributed by atoms with van der Waals surface area (Å²) in [6.45, 7) is 1.95. The normalized spacial score (nSPS) is 18.6. The van der Waals surface area contributed by atoms with E-state index in [9.17, 15) is 4.79 Å². The minimum Gasteiger partial charge on any atom is -0.364 e. The fourth-order valence-electron chi connectivity index (χ4n) is 3.09. The standard InChI is InChI=1S/C16H20N4O/c1-20-15(16(17)21)13(11-6-3-2-4-7-11)14(19-20)12-8-5-9-18-10-12/h2-4,6-7,12,18H,5,8-10H2,1H3,(H2,17,21). The summed E-state index contributed by atoms with van der Waals surface area (Å²) in [6, 6.07) is 9.91. The first-order chi connectivity index (χ1) is 10.2. The van der Waals surface area contributed by atoms with Crippen molar-refractivity contribution in [3.05, 3.63) is 41.7 Å². The minimum absolute atomic E-state index is 0.327. The van der Waals surface area contributed by atoms with Crippen LogP contribution >= 0.6 is 0 Å². The Hall–Kier alpha value is -2.14. The molecule has 1 aliphatic rings. The van der Waals surface area contributed by atoms with Gasteiger partial charge in [0.1, 0.15) is 5.69 Å². The van der Waals surface area contributed by atoms with Gasteiger partial charge in [-0.1, -0.05) is 30.3 Å². The molecule has 1 atom stereocenters. The molecule has 0 spiro atoms. The van der Waals surface area contributed by atoms with E-state index in [1.54, 1.807) is 11.7 Å². The number of nitrogens with two attached hydrogens (primary N) is 1. The summed E-state index contributed by atoms with van der Waals surface area (Å²) in [6.07, 6.45) is 2.21. The van der Waals surface area contributed by atoms with Gasteiger partial charge in [-0.2, -0.15) is 5.10 Å². The first-order valence-corrected chi connectivity index (χ1v) is 7.31. The predicted molar refractivity (Wildman–Crippen MR) is 82.0 cm³/mol. The second-order valence-electron chi connectivity index (χ2n) is 5.51. The third-order valence-corrected chi connectivity index (χ3v) is 4.05. The highest BCUT2D eigenvalue weighted by atomic mass is 16.1. The Balaban J connectivity index is 2.15. The molecular weight excluding hydrogens is 264 g/mol. The topological polar surface area (TPSA) is 72.9 Å². The Bertz CT molecular complexity index is 642. The van der Waals surface area contributed by atoms with Crippen molar-refractivity contribution in [2.24, 2.45) is 12.8 Å². The van der Waals surface area contributed by atoms with Gasteiger partial charge in [0.15, 0.2) is 0 Å². The summed E-state index contributed by atoms with van der Waals surface area (Å²) in [4.78, 5) is 11.9. The predicted octanol–water partition coefficient (Wildman–Crippen LogP) is 1.65. The molecule has 1 saturated heterocycles. The molecular formula is C16H20N4O. The number of piperidine rings is 1. The maximum atomic E-state index is 11.9. The molecule has 5 nitrogen and oxygen atoms in total. The zero-order valence-corrected chi connectivity index (χ0v) is 12.2. The van der Waals surface area contributed by atoms with Gasteiger partial charge in [-0.15, -0.1) is 0 Å². The molecule has 1 fully saturated rings. The third kappa shape index (κ3) is 2.56. The summed E-state index contributed by atoms with van der Waals surface area (Å²) in [5.74, 6) is -0.105. The van der Waals surface area contributed by atoms with Crippen molar-refractivity contribution in [3.63, 3.8) is 0 Å². The van der Waals surface area contributed by atoms with Gasteiger partial charge in [-0.25, -0.2) is 0 Å². The van der Waals surface area contributed by atoms with E-state index in [2.05, 4.69) is 10.4 Å². The Morgan fingerprint density at radius 3 is 2.76 bits per heavy atom. The molecule has 1 aromatic heterocycles. The van der Waals surface area contributed by atoms with Crippen molar-refractivity contribution in [3.8, 4) is 11.1 Å². The van der Waals surface area contributed by atoms with Crippen LogP contribution in [0.1, 0.15) is 34.9 Å². The number of carbonyl (C=O) groups is 1. The van der Waals surface area contributed by atoms with Gasteiger partial charge < -0.3 is 11.1 Å². The molecule has 0 radical (unpaired) electrons. The number of rotatable bonds is 3. The van der Waals surface area contributed by atoms with Crippen molar-refractivity contribution < 1.29 is 4.79 Å². The number of amides is 1. The number of hydrogen-bond donors (Lipinski definition) is 2. The summed E-state index contributed by atoms with van der Waals surface area (Å²) in [7, 11) is 1.78. The Kier molecular flexibility index (Phi) is 3.75. The smallest absolute Gasteiger partial charge is 0.267 e. The number of aryl methyl sites for hydroxylation is 1. The molecule has 2 heterocycles. The van der Waals surface area contributed by atoms with Gasteiger partial charge in [0, 0.05) is 25.1 Å². The fraction of sp³-hybridized carbons (Fsp3) is 0.375. The average molecular weight is 284 g/mol. The molecule has 3 N–H and O–H groups in total. The van der Waals surface area contributed by atoms with Crippen LogP contribution in [0, 0.1) is 0 Å². The van der Waals surface area contributed by atoms with Crippen LogP contribution in [-0.4, -0.2) is 28.8 Å². The Labute approximate surface area is 124 Å². The Morgan fingerprint density at radius 2 is 2.14 bits per heavy atom. The van der Waals surface area contributed by atoms with Crippen LogP contribution in [0.4, 0.5) is 0 Å². The quantitative estimate of drug-likeness (QED) is 0.900. The molecule has 110 valence electrons. The lowest BCUT2D eigenvalue weighted by Crippen LogP contribution is -2.29. The maximum Gasteiger partial charge on any atom is 0.267 e. The van der Waals surface area contributed by atoms with E-state index in [1.165, 1.54) is 0 Å². The van der Waals surface area contributed by atoms with Gasteiger partial charge in [0.25, 0.3) is 5.91 Å². The summed E-state index contributed by atoms with van der Waals surface area (Å²) >= 11 is 0. The third-order valence-electron chi connectivity index (χ3n) is 4.05. The number of carbonyl (C=O) groups excluding carboxylic acids is 1. The van der Waals surface area contributed by atoms with E-state index in [-0.39, 0.29) is 0 Å². The van der Waals surface area contributed by atoms with Crippen LogP contribution in [0.5, 0.6) is 0 Å².